The van der Waals surface area contributed by atoms with Gasteiger partial charge in [-0.1, -0.05) is 31.2 Å². The Morgan fingerprint density at radius 2 is 1.96 bits per heavy atom. The van der Waals surface area contributed by atoms with Crippen molar-refractivity contribution in [2.75, 3.05) is 13.1 Å². The monoisotopic (exact) mass is 371 g/mol. The Kier molecular flexibility index (Phi) is 7.27. The molecule has 2 aromatic rings. The van der Waals surface area contributed by atoms with E-state index in [4.69, 9.17) is 4.74 Å². The molecule has 140 valence electrons. The molecule has 1 N–H and O–H groups in total. The van der Waals surface area contributed by atoms with Crippen LogP contribution in [0.1, 0.15) is 56.9 Å². The van der Waals surface area contributed by atoms with E-state index in [1.54, 1.807) is 11.3 Å². The van der Waals surface area contributed by atoms with Crippen LogP contribution in [0.15, 0.2) is 41.1 Å². The number of carbonyl (C=O) groups is 1. The van der Waals surface area contributed by atoms with Crippen LogP contribution in [0, 0.1) is 0 Å². The molecule has 4 heteroatoms. The lowest BCUT2D eigenvalue weighted by molar-refractivity contribution is -0.148. The number of hydrogen-bond donors (Lipinski definition) is 1. The van der Waals surface area contributed by atoms with Crippen molar-refractivity contribution >= 4 is 17.3 Å². The maximum Gasteiger partial charge on any atom is 0.306 e. The third-order valence-electron chi connectivity index (χ3n) is 5.12. The average Bonchev–Trinajstić information content (AvgIpc) is 3.35. The Balaban J connectivity index is 1.32. The van der Waals surface area contributed by atoms with Gasteiger partial charge in [0.1, 0.15) is 6.10 Å². The molecule has 0 saturated heterocycles. The lowest BCUT2D eigenvalue weighted by Crippen LogP contribution is -2.22. The standard InChI is InChI=1S/C22H29NO2S/c1-17(18-8-10-19(11-9-18)20-12-14-26-16-20)15-23-13-4-7-22(24)25-21-5-2-3-6-21/h8-12,14,16-17,21,23H,2-7,13,15H2,1H3. The van der Waals surface area contributed by atoms with Gasteiger partial charge in [-0.05, 0) is 78.1 Å². The summed E-state index contributed by atoms with van der Waals surface area (Å²) >= 11 is 1.73. The van der Waals surface area contributed by atoms with E-state index >= 15 is 0 Å². The molecule has 1 aromatic heterocycles. The van der Waals surface area contributed by atoms with Crippen molar-refractivity contribution in [2.24, 2.45) is 0 Å². The van der Waals surface area contributed by atoms with Crippen molar-refractivity contribution in [3.8, 4) is 11.1 Å². The highest BCUT2D eigenvalue weighted by atomic mass is 32.1. The fourth-order valence-corrected chi connectivity index (χ4v) is 4.14. The number of carbonyl (C=O) groups excluding carboxylic acids is 1. The molecule has 1 aliphatic carbocycles. The van der Waals surface area contributed by atoms with Gasteiger partial charge in [0.15, 0.2) is 0 Å². The van der Waals surface area contributed by atoms with Crippen LogP contribution >= 0.6 is 11.3 Å². The molecule has 3 nitrogen and oxygen atoms in total. The zero-order chi connectivity index (χ0) is 18.2. The first kappa shape index (κ1) is 19.1. The Morgan fingerprint density at radius 3 is 2.65 bits per heavy atom. The highest BCUT2D eigenvalue weighted by molar-refractivity contribution is 7.08. The van der Waals surface area contributed by atoms with Gasteiger partial charge in [0.2, 0.25) is 0 Å². The van der Waals surface area contributed by atoms with E-state index in [0.29, 0.717) is 12.3 Å². The summed E-state index contributed by atoms with van der Waals surface area (Å²) in [5, 5.41) is 7.76. The summed E-state index contributed by atoms with van der Waals surface area (Å²) < 4.78 is 5.48. The second-order valence-electron chi connectivity index (χ2n) is 7.24. The lowest BCUT2D eigenvalue weighted by Gasteiger charge is -2.14. The Bertz CT molecular complexity index is 660. The number of ether oxygens (including phenoxy) is 1. The first-order chi connectivity index (χ1) is 12.7. The molecule has 0 bridgehead atoms. The quantitative estimate of drug-likeness (QED) is 0.475. The topological polar surface area (TPSA) is 38.3 Å². The van der Waals surface area contributed by atoms with Crippen molar-refractivity contribution in [1.82, 2.24) is 5.32 Å². The average molecular weight is 372 g/mol. The van der Waals surface area contributed by atoms with Crippen LogP contribution in [0.25, 0.3) is 11.1 Å². The van der Waals surface area contributed by atoms with Gasteiger partial charge < -0.3 is 10.1 Å². The van der Waals surface area contributed by atoms with Crippen molar-refractivity contribution in [1.29, 1.82) is 0 Å². The van der Waals surface area contributed by atoms with Crippen molar-refractivity contribution in [2.45, 2.75) is 57.5 Å². The van der Waals surface area contributed by atoms with Crippen LogP contribution in [0.5, 0.6) is 0 Å². The van der Waals surface area contributed by atoms with Crippen LogP contribution < -0.4 is 5.32 Å². The summed E-state index contributed by atoms with van der Waals surface area (Å²) in [5.74, 6) is 0.424. The number of hydrogen-bond acceptors (Lipinski definition) is 4. The molecule has 1 unspecified atom stereocenters. The molecule has 1 atom stereocenters. The van der Waals surface area contributed by atoms with Gasteiger partial charge in [0, 0.05) is 13.0 Å². The molecule has 1 aliphatic rings. The van der Waals surface area contributed by atoms with Gasteiger partial charge >= 0.3 is 5.97 Å². The molecular formula is C22H29NO2S. The predicted octanol–water partition coefficient (Wildman–Crippen LogP) is 5.37. The number of rotatable bonds is 9. The van der Waals surface area contributed by atoms with E-state index in [0.717, 1.165) is 32.4 Å². The fourth-order valence-electron chi connectivity index (χ4n) is 3.48. The molecule has 3 rings (SSSR count). The Hall–Kier alpha value is -1.65. The highest BCUT2D eigenvalue weighted by Crippen LogP contribution is 2.24. The molecular weight excluding hydrogens is 342 g/mol. The molecule has 1 aromatic carbocycles. The number of thiophene rings is 1. The minimum absolute atomic E-state index is 0.0317. The summed E-state index contributed by atoms with van der Waals surface area (Å²) in [4.78, 5) is 11.8. The smallest absolute Gasteiger partial charge is 0.306 e. The molecule has 1 saturated carbocycles. The second kappa shape index (κ2) is 9.89. The molecule has 0 radical (unpaired) electrons. The van der Waals surface area contributed by atoms with Gasteiger partial charge in [-0.2, -0.15) is 11.3 Å². The van der Waals surface area contributed by atoms with E-state index in [1.165, 1.54) is 29.5 Å². The minimum atomic E-state index is -0.0317. The zero-order valence-electron chi connectivity index (χ0n) is 15.6. The molecule has 0 amide bonds. The summed E-state index contributed by atoms with van der Waals surface area (Å²) in [6.45, 7) is 4.02. The number of benzene rings is 1. The highest BCUT2D eigenvalue weighted by Gasteiger charge is 2.18. The summed E-state index contributed by atoms with van der Waals surface area (Å²) in [6, 6.07) is 11.0. The van der Waals surface area contributed by atoms with E-state index in [-0.39, 0.29) is 12.1 Å². The lowest BCUT2D eigenvalue weighted by atomic mass is 9.98. The number of esters is 1. The zero-order valence-corrected chi connectivity index (χ0v) is 16.4. The molecule has 0 aliphatic heterocycles. The van der Waals surface area contributed by atoms with E-state index in [2.05, 4.69) is 53.3 Å². The van der Waals surface area contributed by atoms with Gasteiger partial charge in [-0.3, -0.25) is 4.79 Å². The van der Waals surface area contributed by atoms with Crippen LogP contribution in [-0.2, 0) is 9.53 Å². The van der Waals surface area contributed by atoms with Crippen molar-refractivity contribution in [3.63, 3.8) is 0 Å². The number of nitrogens with one attached hydrogen (secondary N) is 1. The van der Waals surface area contributed by atoms with Crippen molar-refractivity contribution < 1.29 is 9.53 Å². The Labute approximate surface area is 160 Å². The minimum Gasteiger partial charge on any atom is -0.462 e. The van der Waals surface area contributed by atoms with Gasteiger partial charge in [-0.25, -0.2) is 0 Å². The van der Waals surface area contributed by atoms with Gasteiger partial charge in [0.05, 0.1) is 0 Å². The molecule has 26 heavy (non-hydrogen) atoms. The maximum absolute atomic E-state index is 11.8. The van der Waals surface area contributed by atoms with E-state index in [9.17, 15) is 4.79 Å². The van der Waals surface area contributed by atoms with Crippen LogP contribution in [0.4, 0.5) is 0 Å². The second-order valence-corrected chi connectivity index (χ2v) is 8.02. The molecule has 0 spiro atoms. The van der Waals surface area contributed by atoms with E-state index in [1.807, 2.05) is 0 Å². The third-order valence-corrected chi connectivity index (χ3v) is 5.80. The van der Waals surface area contributed by atoms with Gasteiger partial charge in [-0.15, -0.1) is 0 Å². The molecule has 1 fully saturated rings. The summed E-state index contributed by atoms with van der Waals surface area (Å²) in [7, 11) is 0. The SMILES string of the molecule is CC(CNCCCC(=O)OC1CCCC1)c1ccc(-c2ccsc2)cc1. The maximum atomic E-state index is 11.8. The normalized spacial score (nSPS) is 15.9. The molecule has 1 heterocycles. The van der Waals surface area contributed by atoms with E-state index < -0.39 is 0 Å². The largest absolute Gasteiger partial charge is 0.462 e. The van der Waals surface area contributed by atoms with Crippen LogP contribution in [0.3, 0.4) is 0 Å². The summed E-state index contributed by atoms with van der Waals surface area (Å²) in [6.07, 6.45) is 6.05. The first-order valence-corrected chi connectivity index (χ1v) is 10.7. The van der Waals surface area contributed by atoms with Crippen molar-refractivity contribution in [3.05, 3.63) is 46.7 Å². The first-order valence-electron chi connectivity index (χ1n) is 9.75. The fraction of sp³-hybridized carbons (Fsp3) is 0.500. The van der Waals surface area contributed by atoms with Crippen LogP contribution in [-0.4, -0.2) is 25.2 Å². The predicted molar refractivity (Wildman–Crippen MR) is 109 cm³/mol. The van der Waals surface area contributed by atoms with Gasteiger partial charge in [0.25, 0.3) is 0 Å². The third kappa shape index (κ3) is 5.68. The summed E-state index contributed by atoms with van der Waals surface area (Å²) in [5.41, 5.74) is 3.91. The van der Waals surface area contributed by atoms with Crippen LogP contribution in [0.2, 0.25) is 0 Å². The Morgan fingerprint density at radius 1 is 1.19 bits per heavy atom.